The average Bonchev–Trinajstić information content (AvgIpc) is 3.55. The number of anilines is 3. The molecule has 4 aromatic rings. The lowest BCUT2D eigenvalue weighted by Crippen LogP contribution is -2.63. The first-order valence-corrected chi connectivity index (χ1v) is 11.4. The number of aryl methyl sites for hydroxylation is 1. The Kier molecular flexibility index (Phi) is 5.60. The van der Waals surface area contributed by atoms with E-state index in [1.807, 2.05) is 35.4 Å². The normalized spacial score (nSPS) is 14.5. The summed E-state index contributed by atoms with van der Waals surface area (Å²) in [6.45, 7) is 3.57. The van der Waals surface area contributed by atoms with Gasteiger partial charge in [0, 0.05) is 45.8 Å². The monoisotopic (exact) mass is 473 g/mol. The quantitative estimate of drug-likeness (QED) is 0.409. The van der Waals surface area contributed by atoms with Gasteiger partial charge in [-0.25, -0.2) is 4.52 Å². The molecule has 1 fully saturated rings. The number of amides is 1. The Labute approximate surface area is 202 Å². The Bertz CT molecular complexity index is 1400. The lowest BCUT2D eigenvalue weighted by atomic mass is 9.86. The van der Waals surface area contributed by atoms with E-state index >= 15 is 0 Å². The first-order chi connectivity index (χ1) is 16.9. The van der Waals surface area contributed by atoms with Crippen molar-refractivity contribution >= 4 is 28.9 Å². The number of rotatable bonds is 8. The van der Waals surface area contributed by atoms with Crippen LogP contribution in [0.4, 0.5) is 17.3 Å². The van der Waals surface area contributed by atoms with E-state index in [4.69, 9.17) is 4.98 Å². The number of hydrogen-bond donors (Lipinski definition) is 1. The predicted octanol–water partition coefficient (Wildman–Crippen LogP) is 1.65. The van der Waals surface area contributed by atoms with Gasteiger partial charge in [-0.3, -0.25) is 14.2 Å². The Morgan fingerprint density at radius 1 is 1.26 bits per heavy atom. The molecule has 5 rings (SSSR count). The van der Waals surface area contributed by atoms with Crippen LogP contribution in [-0.4, -0.2) is 72.2 Å². The maximum atomic E-state index is 11.9. The number of nitrogens with zero attached hydrogens (tertiary/aromatic N) is 10. The molecule has 5 heterocycles. The van der Waals surface area contributed by atoms with Crippen LogP contribution in [0.3, 0.4) is 0 Å². The highest BCUT2D eigenvalue weighted by Gasteiger charge is 2.46. The molecule has 0 aromatic carbocycles. The van der Waals surface area contributed by atoms with Crippen molar-refractivity contribution in [1.29, 1.82) is 5.26 Å². The number of carbonyl (C=O) groups is 1. The van der Waals surface area contributed by atoms with Gasteiger partial charge in [0.25, 0.3) is 0 Å². The van der Waals surface area contributed by atoms with E-state index in [1.165, 1.54) is 4.90 Å². The summed E-state index contributed by atoms with van der Waals surface area (Å²) in [5.74, 6) is 0.387. The lowest BCUT2D eigenvalue weighted by Gasteiger charge is -2.50. The van der Waals surface area contributed by atoms with Crippen molar-refractivity contribution in [2.45, 2.75) is 31.8 Å². The minimum absolute atomic E-state index is 0.0433. The van der Waals surface area contributed by atoms with Gasteiger partial charge in [0.05, 0.1) is 36.3 Å². The molecule has 0 bridgehead atoms. The molecule has 180 valence electrons. The van der Waals surface area contributed by atoms with E-state index in [0.29, 0.717) is 36.8 Å². The van der Waals surface area contributed by atoms with E-state index in [9.17, 15) is 10.1 Å². The van der Waals surface area contributed by atoms with Gasteiger partial charge in [-0.1, -0.05) is 6.92 Å². The number of nitriles is 1. The topological polar surface area (TPSA) is 125 Å². The molecule has 0 spiro atoms. The summed E-state index contributed by atoms with van der Waals surface area (Å²) >= 11 is 0. The zero-order valence-corrected chi connectivity index (χ0v) is 20.0. The van der Waals surface area contributed by atoms with E-state index in [0.717, 1.165) is 17.7 Å². The summed E-state index contributed by atoms with van der Waals surface area (Å²) in [6, 6.07) is 6.27. The van der Waals surface area contributed by atoms with E-state index < -0.39 is 0 Å². The van der Waals surface area contributed by atoms with Crippen LogP contribution in [0.15, 0.2) is 43.1 Å². The number of nitrogens with one attached hydrogen (secondary N) is 1. The smallest absolute Gasteiger partial charge is 0.247 e. The third-order valence-corrected chi connectivity index (χ3v) is 6.28. The summed E-state index contributed by atoms with van der Waals surface area (Å²) in [6.07, 6.45) is 10.4. The first-order valence-electron chi connectivity index (χ1n) is 11.4. The fourth-order valence-corrected chi connectivity index (χ4v) is 4.24. The van der Waals surface area contributed by atoms with Gasteiger partial charge in [-0.15, -0.1) is 5.10 Å². The van der Waals surface area contributed by atoms with Crippen LogP contribution < -0.4 is 10.2 Å². The third kappa shape index (κ3) is 4.16. The standard InChI is InChI=1S/C23H27N11O/c1-4-17-10-26-34(12-17)23(7-8-24)15-31(16-23)19-6-5-9-33-21(19)28-22(29-33)27-18-11-25-32(13-18)14-20(35)30(2)3/h5-6,9-13H,4,7,14-16H2,1-3H3,(H,27,29). The highest BCUT2D eigenvalue weighted by molar-refractivity contribution is 5.75. The third-order valence-electron chi connectivity index (χ3n) is 6.28. The van der Waals surface area contributed by atoms with E-state index in [2.05, 4.69) is 38.5 Å². The second-order valence-electron chi connectivity index (χ2n) is 9.00. The van der Waals surface area contributed by atoms with Gasteiger partial charge in [0.15, 0.2) is 5.65 Å². The molecule has 0 radical (unpaired) electrons. The molecule has 35 heavy (non-hydrogen) atoms. The number of pyridine rings is 1. The van der Waals surface area contributed by atoms with Crippen LogP contribution in [0.2, 0.25) is 0 Å². The number of likely N-dealkylation sites (N-methyl/N-ethyl adjacent to an activating group) is 1. The number of hydrogen-bond acceptors (Lipinski definition) is 8. The minimum atomic E-state index is -0.353. The van der Waals surface area contributed by atoms with Gasteiger partial charge in [0.1, 0.15) is 12.1 Å². The molecule has 1 N–H and O–H groups in total. The highest BCUT2D eigenvalue weighted by atomic mass is 16.2. The zero-order chi connectivity index (χ0) is 24.6. The van der Waals surface area contributed by atoms with Crippen molar-refractivity contribution in [3.05, 3.63) is 48.7 Å². The molecule has 0 unspecified atom stereocenters. The minimum Gasteiger partial charge on any atom is -0.363 e. The van der Waals surface area contributed by atoms with Crippen LogP contribution >= 0.6 is 0 Å². The van der Waals surface area contributed by atoms with Gasteiger partial charge in [-0.2, -0.15) is 20.4 Å². The summed E-state index contributed by atoms with van der Waals surface area (Å²) in [5, 5.41) is 25.9. The maximum Gasteiger partial charge on any atom is 0.247 e. The van der Waals surface area contributed by atoms with Crippen molar-refractivity contribution in [3.63, 3.8) is 0 Å². The van der Waals surface area contributed by atoms with Crippen LogP contribution in [0, 0.1) is 11.3 Å². The fraction of sp³-hybridized carbons (Fsp3) is 0.391. The molecule has 12 nitrogen and oxygen atoms in total. The molecule has 1 amide bonds. The van der Waals surface area contributed by atoms with Gasteiger partial charge >= 0.3 is 0 Å². The lowest BCUT2D eigenvalue weighted by molar-refractivity contribution is -0.129. The molecule has 12 heteroatoms. The Morgan fingerprint density at radius 2 is 2.09 bits per heavy atom. The van der Waals surface area contributed by atoms with Crippen molar-refractivity contribution in [3.8, 4) is 6.07 Å². The SMILES string of the molecule is CCc1cnn(C2(CC#N)CN(c3cccn4nc(Nc5cnn(CC(=O)N(C)C)c5)nc34)C2)c1. The first kappa shape index (κ1) is 22.4. The van der Waals surface area contributed by atoms with Gasteiger partial charge < -0.3 is 15.1 Å². The summed E-state index contributed by atoms with van der Waals surface area (Å²) < 4.78 is 5.24. The summed E-state index contributed by atoms with van der Waals surface area (Å²) in [4.78, 5) is 20.3. The summed E-state index contributed by atoms with van der Waals surface area (Å²) in [5.41, 5.74) is 3.15. The second-order valence-corrected chi connectivity index (χ2v) is 9.00. The Balaban J connectivity index is 1.34. The summed E-state index contributed by atoms with van der Waals surface area (Å²) in [7, 11) is 3.42. The van der Waals surface area contributed by atoms with E-state index in [-0.39, 0.29) is 18.0 Å². The zero-order valence-electron chi connectivity index (χ0n) is 20.0. The molecule has 0 aliphatic carbocycles. The molecule has 1 aliphatic rings. The largest absolute Gasteiger partial charge is 0.363 e. The van der Waals surface area contributed by atoms with Crippen LogP contribution in [0.1, 0.15) is 18.9 Å². The predicted molar refractivity (Wildman–Crippen MR) is 129 cm³/mol. The Morgan fingerprint density at radius 3 is 2.80 bits per heavy atom. The number of aromatic nitrogens is 7. The van der Waals surface area contributed by atoms with Gasteiger partial charge in [-0.05, 0) is 24.1 Å². The van der Waals surface area contributed by atoms with Crippen LogP contribution in [-0.2, 0) is 23.3 Å². The van der Waals surface area contributed by atoms with Crippen molar-refractivity contribution in [1.82, 2.24) is 39.1 Å². The second kappa shape index (κ2) is 8.75. The highest BCUT2D eigenvalue weighted by Crippen LogP contribution is 2.37. The number of carbonyl (C=O) groups excluding carboxylic acids is 1. The van der Waals surface area contributed by atoms with Gasteiger partial charge in [0.2, 0.25) is 11.9 Å². The molecule has 0 saturated carbocycles. The number of fused-ring (bicyclic) bond motifs is 1. The molecule has 1 aliphatic heterocycles. The van der Waals surface area contributed by atoms with Crippen molar-refractivity contribution in [2.75, 3.05) is 37.4 Å². The van der Waals surface area contributed by atoms with Crippen molar-refractivity contribution in [2.24, 2.45) is 0 Å². The van der Waals surface area contributed by atoms with Crippen molar-refractivity contribution < 1.29 is 4.79 Å². The molecular formula is C23H27N11O. The fourth-order valence-electron chi connectivity index (χ4n) is 4.24. The molecule has 1 saturated heterocycles. The van der Waals surface area contributed by atoms with Crippen LogP contribution in [0.25, 0.3) is 5.65 Å². The molecular weight excluding hydrogens is 446 g/mol. The average molecular weight is 474 g/mol. The maximum absolute atomic E-state index is 11.9. The van der Waals surface area contributed by atoms with Crippen LogP contribution in [0.5, 0.6) is 0 Å². The van der Waals surface area contributed by atoms with E-state index in [1.54, 1.807) is 35.7 Å². The molecule has 0 atom stereocenters. The molecule has 4 aromatic heterocycles. The Hall–Kier alpha value is -4.40.